The molecule has 1 rings (SSSR count). The lowest BCUT2D eigenvalue weighted by Gasteiger charge is -2.47. The van der Waals surface area contributed by atoms with Gasteiger partial charge in [0.2, 0.25) is 0 Å². The zero-order valence-electron chi connectivity index (χ0n) is 5.17. The molecule has 0 heterocycles. The highest BCUT2D eigenvalue weighted by Crippen LogP contribution is 2.52. The molecule has 1 fully saturated rings. The second-order valence-electron chi connectivity index (χ2n) is 2.89. The minimum absolute atomic E-state index is 0.00694. The Morgan fingerprint density at radius 1 is 1.38 bits per heavy atom. The summed E-state index contributed by atoms with van der Waals surface area (Å²) in [7, 11) is 0. The Morgan fingerprint density at radius 2 is 1.75 bits per heavy atom. The topological polar surface area (TPSA) is 0 Å². The van der Waals surface area contributed by atoms with Gasteiger partial charge in [-0.2, -0.15) is 0 Å². The summed E-state index contributed by atoms with van der Waals surface area (Å²) >= 11 is 9.60. The summed E-state index contributed by atoms with van der Waals surface area (Å²) in [4.78, 5) is 0.00694. The van der Waals surface area contributed by atoms with Crippen molar-refractivity contribution in [2.75, 3.05) is 0 Å². The maximum atomic E-state index is 6.05. The van der Waals surface area contributed by atoms with Crippen molar-refractivity contribution in [2.24, 2.45) is 0 Å². The number of rotatable bonds is 0. The van der Waals surface area contributed by atoms with E-state index in [1.54, 1.807) is 0 Å². The minimum atomic E-state index is 0.00694. The van der Waals surface area contributed by atoms with Crippen molar-refractivity contribution in [3.63, 3.8) is 0 Å². The summed E-state index contributed by atoms with van der Waals surface area (Å²) in [6.45, 7) is 4.22. The average Bonchev–Trinajstić information content (AvgIpc) is 1.64. The average molecular weight is 198 g/mol. The fourth-order valence-electron chi connectivity index (χ4n) is 0.814. The maximum Gasteiger partial charge on any atom is 0.0569 e. The monoisotopic (exact) mass is 196 g/mol. The third-order valence-corrected chi connectivity index (χ3v) is 4.26. The lowest BCUT2D eigenvalue weighted by atomic mass is 9.75. The van der Waals surface area contributed by atoms with Gasteiger partial charge < -0.3 is 0 Å². The highest BCUT2D eigenvalue weighted by molar-refractivity contribution is 9.10. The summed E-state index contributed by atoms with van der Waals surface area (Å²) in [6.07, 6.45) is 2.34. The summed E-state index contributed by atoms with van der Waals surface area (Å²) in [5, 5.41) is 0. The van der Waals surface area contributed by atoms with E-state index in [9.17, 15) is 0 Å². The van der Waals surface area contributed by atoms with Gasteiger partial charge in [-0.15, -0.1) is 11.6 Å². The van der Waals surface area contributed by atoms with Crippen LogP contribution in [0.15, 0.2) is 0 Å². The second-order valence-corrected chi connectivity index (χ2v) is 5.48. The first-order chi connectivity index (χ1) is 3.46. The fourth-order valence-corrected chi connectivity index (χ4v) is 1.40. The van der Waals surface area contributed by atoms with Gasteiger partial charge in [-0.1, -0.05) is 15.9 Å². The van der Waals surface area contributed by atoms with Gasteiger partial charge in [0, 0.05) is 4.32 Å². The van der Waals surface area contributed by atoms with E-state index in [4.69, 9.17) is 11.6 Å². The molecule has 0 radical (unpaired) electrons. The highest BCUT2D eigenvalue weighted by Gasteiger charge is 2.49. The van der Waals surface area contributed by atoms with Crippen LogP contribution >= 0.6 is 27.5 Å². The van der Waals surface area contributed by atoms with E-state index in [1.165, 1.54) is 6.42 Å². The number of alkyl halides is 2. The van der Waals surface area contributed by atoms with Crippen LogP contribution in [0.2, 0.25) is 0 Å². The molecule has 0 unspecified atom stereocenters. The molecule has 0 aromatic heterocycles. The predicted octanol–water partition coefficient (Wildman–Crippen LogP) is 2.93. The molecule has 1 saturated carbocycles. The molecule has 2 heteroatoms. The molecule has 0 saturated heterocycles. The zero-order chi connectivity index (χ0) is 6.41. The van der Waals surface area contributed by atoms with Crippen molar-refractivity contribution < 1.29 is 0 Å². The Labute approximate surface area is 63.7 Å². The van der Waals surface area contributed by atoms with Gasteiger partial charge in [0.05, 0.1) is 4.87 Å². The van der Waals surface area contributed by atoms with Crippen LogP contribution in [-0.4, -0.2) is 9.20 Å². The fraction of sp³-hybridized carbons (Fsp3) is 1.00. The van der Waals surface area contributed by atoms with Crippen molar-refractivity contribution in [2.45, 2.75) is 35.9 Å². The van der Waals surface area contributed by atoms with Crippen LogP contribution in [-0.2, 0) is 0 Å². The van der Waals surface area contributed by atoms with Gasteiger partial charge >= 0.3 is 0 Å². The van der Waals surface area contributed by atoms with E-state index in [2.05, 4.69) is 29.8 Å². The molecule has 2 atom stereocenters. The molecule has 0 aromatic carbocycles. The summed E-state index contributed by atoms with van der Waals surface area (Å²) in [5.74, 6) is 0. The molecule has 0 amide bonds. The molecule has 48 valence electrons. The predicted molar refractivity (Wildman–Crippen MR) is 40.8 cm³/mol. The van der Waals surface area contributed by atoms with E-state index in [0.717, 1.165) is 6.42 Å². The van der Waals surface area contributed by atoms with Gasteiger partial charge in [-0.05, 0) is 26.7 Å². The van der Waals surface area contributed by atoms with Crippen molar-refractivity contribution in [3.8, 4) is 0 Å². The van der Waals surface area contributed by atoms with Crippen molar-refractivity contribution in [3.05, 3.63) is 0 Å². The summed E-state index contributed by atoms with van der Waals surface area (Å²) in [5.41, 5.74) is 0. The molecular formula is C6H10BrCl. The van der Waals surface area contributed by atoms with Gasteiger partial charge in [-0.25, -0.2) is 0 Å². The lowest BCUT2D eigenvalue weighted by molar-refractivity contribution is 0.300. The SMILES string of the molecule is C[C@]1(Cl)CC[C@]1(C)Br. The Morgan fingerprint density at radius 3 is 1.75 bits per heavy atom. The van der Waals surface area contributed by atoms with Gasteiger partial charge in [0.15, 0.2) is 0 Å². The number of halogens is 2. The van der Waals surface area contributed by atoms with Gasteiger partial charge in [0.1, 0.15) is 0 Å². The Kier molecular flexibility index (Phi) is 1.40. The van der Waals surface area contributed by atoms with E-state index >= 15 is 0 Å². The molecule has 0 aromatic rings. The van der Waals surface area contributed by atoms with Crippen LogP contribution in [0.4, 0.5) is 0 Å². The molecule has 1 aliphatic rings. The van der Waals surface area contributed by atoms with Crippen molar-refractivity contribution >= 4 is 27.5 Å². The quantitative estimate of drug-likeness (QED) is 0.524. The van der Waals surface area contributed by atoms with Crippen LogP contribution in [0.3, 0.4) is 0 Å². The first-order valence-corrected chi connectivity index (χ1v) is 4.01. The van der Waals surface area contributed by atoms with E-state index in [0.29, 0.717) is 0 Å². The molecule has 0 spiro atoms. The lowest BCUT2D eigenvalue weighted by Crippen LogP contribution is -2.50. The highest BCUT2D eigenvalue weighted by atomic mass is 79.9. The van der Waals surface area contributed by atoms with Gasteiger partial charge in [0.25, 0.3) is 0 Å². The van der Waals surface area contributed by atoms with Crippen LogP contribution < -0.4 is 0 Å². The van der Waals surface area contributed by atoms with Crippen LogP contribution in [0.25, 0.3) is 0 Å². The van der Waals surface area contributed by atoms with Crippen LogP contribution in [0, 0.1) is 0 Å². The zero-order valence-corrected chi connectivity index (χ0v) is 7.51. The molecule has 0 aliphatic heterocycles. The van der Waals surface area contributed by atoms with Gasteiger partial charge in [-0.3, -0.25) is 0 Å². The minimum Gasteiger partial charge on any atom is -0.118 e. The first-order valence-electron chi connectivity index (χ1n) is 2.84. The molecule has 8 heavy (non-hydrogen) atoms. The molecule has 0 nitrogen and oxygen atoms in total. The molecule has 0 N–H and O–H groups in total. The molecular weight excluding hydrogens is 187 g/mol. The summed E-state index contributed by atoms with van der Waals surface area (Å²) < 4.78 is 0.196. The Balaban J connectivity index is 2.63. The van der Waals surface area contributed by atoms with E-state index in [1.807, 2.05) is 0 Å². The second kappa shape index (κ2) is 1.63. The third-order valence-electron chi connectivity index (χ3n) is 2.15. The molecule has 1 aliphatic carbocycles. The smallest absolute Gasteiger partial charge is 0.0569 e. The Bertz CT molecular complexity index is 93.1. The largest absolute Gasteiger partial charge is 0.118 e. The van der Waals surface area contributed by atoms with Crippen molar-refractivity contribution in [1.29, 1.82) is 0 Å². The Hall–Kier alpha value is 0.770. The summed E-state index contributed by atoms with van der Waals surface area (Å²) in [6, 6.07) is 0. The number of hydrogen-bond donors (Lipinski definition) is 0. The van der Waals surface area contributed by atoms with Crippen LogP contribution in [0.5, 0.6) is 0 Å². The standard InChI is InChI=1S/C6H10BrCl/c1-5(7)3-4-6(5,2)8/h3-4H2,1-2H3/t5-,6-/m0/s1. The number of hydrogen-bond acceptors (Lipinski definition) is 0. The third kappa shape index (κ3) is 0.801. The molecule has 0 bridgehead atoms. The normalized spacial score (nSPS) is 55.5. The van der Waals surface area contributed by atoms with E-state index < -0.39 is 0 Å². The van der Waals surface area contributed by atoms with E-state index in [-0.39, 0.29) is 9.20 Å². The van der Waals surface area contributed by atoms with Crippen molar-refractivity contribution in [1.82, 2.24) is 0 Å². The first kappa shape index (κ1) is 6.88. The maximum absolute atomic E-state index is 6.05. The van der Waals surface area contributed by atoms with Crippen LogP contribution in [0.1, 0.15) is 26.7 Å².